The van der Waals surface area contributed by atoms with Crippen LogP contribution in [0, 0.1) is 0 Å². The quantitative estimate of drug-likeness (QED) is 0.474. The van der Waals surface area contributed by atoms with E-state index >= 15 is 0 Å². The molecule has 1 atom stereocenters. The smallest absolute Gasteiger partial charge is 0.304 e. The van der Waals surface area contributed by atoms with Crippen LogP contribution in [0.1, 0.15) is 49.4 Å². The fraction of sp³-hybridized carbons (Fsp3) is 0.360. The molecule has 0 aliphatic heterocycles. The van der Waals surface area contributed by atoms with Crippen molar-refractivity contribution < 1.29 is 20.1 Å². The summed E-state index contributed by atoms with van der Waals surface area (Å²) in [5, 5.41) is 32.5. The number of hydrogen-bond donors (Lipinski definition) is 4. The first-order valence-corrected chi connectivity index (χ1v) is 10.9. The molecule has 170 valence electrons. The third-order valence-corrected chi connectivity index (χ3v) is 5.76. The van der Waals surface area contributed by atoms with Crippen LogP contribution < -0.4 is 10.2 Å². The Morgan fingerprint density at radius 2 is 1.97 bits per heavy atom. The molecule has 1 aliphatic rings. The zero-order chi connectivity index (χ0) is 23.3. The maximum atomic E-state index is 10.9. The van der Waals surface area contributed by atoms with Crippen molar-refractivity contribution >= 4 is 23.1 Å². The largest absolute Gasteiger partial charge is 0.506 e. The van der Waals surface area contributed by atoms with E-state index in [0.717, 1.165) is 41.0 Å². The van der Waals surface area contributed by atoms with Crippen molar-refractivity contribution in [2.75, 3.05) is 24.5 Å². The number of phenolic OH excluding ortho intramolecular Hbond substituents is 1. The van der Waals surface area contributed by atoms with Crippen LogP contribution in [0.25, 0.3) is 0 Å². The Bertz CT molecular complexity index is 1030. The molecule has 4 N–H and O–H groups in total. The average Bonchev–Trinajstić information content (AvgIpc) is 2.77. The van der Waals surface area contributed by atoms with E-state index in [9.17, 15) is 15.0 Å². The van der Waals surface area contributed by atoms with E-state index in [2.05, 4.69) is 30.6 Å². The number of carboxylic acid groups (broad SMARTS) is 1. The summed E-state index contributed by atoms with van der Waals surface area (Å²) in [4.78, 5) is 17.8. The molecule has 0 amide bonds. The van der Waals surface area contributed by atoms with E-state index < -0.39 is 5.97 Å². The minimum atomic E-state index is -0.859. The minimum Gasteiger partial charge on any atom is -0.506 e. The lowest BCUT2D eigenvalue weighted by molar-refractivity contribution is -0.136. The summed E-state index contributed by atoms with van der Waals surface area (Å²) >= 11 is 0. The number of anilines is 1. The molecule has 0 spiro atoms. The summed E-state index contributed by atoms with van der Waals surface area (Å²) in [6.45, 7) is 10.3. The monoisotopic (exact) mass is 437 g/mol. The second-order valence-corrected chi connectivity index (χ2v) is 7.84. The van der Waals surface area contributed by atoms with Crippen LogP contribution in [0.15, 0.2) is 53.5 Å². The molecule has 0 aromatic heterocycles. The number of benzene rings is 2. The van der Waals surface area contributed by atoms with Gasteiger partial charge in [-0.15, -0.1) is 0 Å². The Morgan fingerprint density at radius 1 is 1.22 bits per heavy atom. The number of phenols is 1. The molecular formula is C25H31N3O4. The highest BCUT2D eigenvalue weighted by molar-refractivity contribution is 6.15. The van der Waals surface area contributed by atoms with Crippen LogP contribution in [-0.4, -0.2) is 46.6 Å². The van der Waals surface area contributed by atoms with Gasteiger partial charge in [-0.05, 0) is 49.1 Å². The second kappa shape index (κ2) is 10.4. The maximum Gasteiger partial charge on any atom is 0.304 e. The summed E-state index contributed by atoms with van der Waals surface area (Å²) < 4.78 is 0. The van der Waals surface area contributed by atoms with E-state index in [1.54, 1.807) is 6.07 Å². The number of rotatable bonds is 9. The van der Waals surface area contributed by atoms with Crippen molar-refractivity contribution in [1.29, 1.82) is 0 Å². The van der Waals surface area contributed by atoms with Crippen molar-refractivity contribution in [2.24, 2.45) is 4.99 Å². The van der Waals surface area contributed by atoms with Gasteiger partial charge < -0.3 is 25.5 Å². The molecule has 2 aromatic rings. The molecule has 0 bridgehead atoms. The molecule has 1 aliphatic carbocycles. The molecule has 3 rings (SSSR count). The van der Waals surface area contributed by atoms with Gasteiger partial charge in [0, 0.05) is 43.0 Å². The molecule has 7 nitrogen and oxygen atoms in total. The molecule has 0 fully saturated rings. The number of fused-ring (bicyclic) bond motifs is 1. The first-order chi connectivity index (χ1) is 15.4. The number of nitrogens with zero attached hydrogens (tertiary/aromatic N) is 2. The molecule has 0 saturated carbocycles. The molecular weight excluding hydrogens is 406 g/mol. The predicted molar refractivity (Wildman–Crippen MR) is 127 cm³/mol. The lowest BCUT2D eigenvalue weighted by atomic mass is 9.82. The summed E-state index contributed by atoms with van der Waals surface area (Å²) in [6.07, 6.45) is 0.574. The van der Waals surface area contributed by atoms with E-state index in [0.29, 0.717) is 24.4 Å². The number of nitrogens with one attached hydrogen (secondary N) is 1. The number of aliphatic imine (C=N–C) groups is 1. The third-order valence-electron chi connectivity index (χ3n) is 5.76. The Morgan fingerprint density at radius 3 is 2.59 bits per heavy atom. The number of hydrogen-bond acceptors (Lipinski definition) is 6. The highest BCUT2D eigenvalue weighted by atomic mass is 16.4. The van der Waals surface area contributed by atoms with Crippen molar-refractivity contribution in [1.82, 2.24) is 5.32 Å². The van der Waals surface area contributed by atoms with Gasteiger partial charge in [0.25, 0.3) is 0 Å². The fourth-order valence-electron chi connectivity index (χ4n) is 4.04. The summed E-state index contributed by atoms with van der Waals surface area (Å²) in [6, 6.07) is 11.0. The Hall–Kier alpha value is -3.16. The Labute approximate surface area is 188 Å². The van der Waals surface area contributed by atoms with Crippen molar-refractivity contribution in [3.05, 3.63) is 65.2 Å². The van der Waals surface area contributed by atoms with Gasteiger partial charge in [-0.3, -0.25) is 4.79 Å². The second-order valence-electron chi connectivity index (χ2n) is 7.84. The Balaban J connectivity index is 1.99. The van der Waals surface area contributed by atoms with Crippen LogP contribution in [0.4, 0.5) is 11.4 Å². The van der Waals surface area contributed by atoms with Crippen LogP contribution in [0.5, 0.6) is 5.75 Å². The molecule has 0 saturated heterocycles. The van der Waals surface area contributed by atoms with E-state index in [1.165, 1.54) is 0 Å². The fourth-order valence-corrected chi connectivity index (χ4v) is 4.04. The lowest BCUT2D eigenvalue weighted by Crippen LogP contribution is -2.30. The molecule has 7 heteroatoms. The summed E-state index contributed by atoms with van der Waals surface area (Å²) in [7, 11) is 0. The summed E-state index contributed by atoms with van der Waals surface area (Å²) in [5.74, 6) is -0.757. The normalized spacial score (nSPS) is 16.8. The first kappa shape index (κ1) is 23.5. The van der Waals surface area contributed by atoms with Crippen LogP contribution >= 0.6 is 0 Å². The molecule has 0 heterocycles. The SMILES string of the molecule is C=C1CC(NCCC(=O)O)c2cc(CO)ccc2C1=Nc1ccc(N(CC)CC)cc1O. The van der Waals surface area contributed by atoms with Crippen LogP contribution in [0.2, 0.25) is 0 Å². The van der Waals surface area contributed by atoms with Crippen LogP contribution in [0.3, 0.4) is 0 Å². The third kappa shape index (κ3) is 5.18. The van der Waals surface area contributed by atoms with Gasteiger partial charge in [0.1, 0.15) is 11.4 Å². The van der Waals surface area contributed by atoms with Gasteiger partial charge in [0.2, 0.25) is 0 Å². The molecule has 2 aromatic carbocycles. The zero-order valence-electron chi connectivity index (χ0n) is 18.6. The maximum absolute atomic E-state index is 10.9. The van der Waals surface area contributed by atoms with Gasteiger partial charge in [0.15, 0.2) is 0 Å². The van der Waals surface area contributed by atoms with Gasteiger partial charge in [-0.1, -0.05) is 24.8 Å². The molecule has 32 heavy (non-hydrogen) atoms. The average molecular weight is 438 g/mol. The molecule has 0 radical (unpaired) electrons. The number of aliphatic hydroxyl groups is 1. The topological polar surface area (TPSA) is 105 Å². The predicted octanol–water partition coefficient (Wildman–Crippen LogP) is 3.92. The minimum absolute atomic E-state index is 0.0195. The van der Waals surface area contributed by atoms with E-state index in [1.807, 2.05) is 30.3 Å². The van der Waals surface area contributed by atoms with Crippen molar-refractivity contribution in [3.63, 3.8) is 0 Å². The van der Waals surface area contributed by atoms with E-state index in [4.69, 9.17) is 10.1 Å². The van der Waals surface area contributed by atoms with Gasteiger partial charge >= 0.3 is 5.97 Å². The highest BCUT2D eigenvalue weighted by Crippen LogP contribution is 2.37. The van der Waals surface area contributed by atoms with Gasteiger partial charge in [-0.2, -0.15) is 0 Å². The van der Waals surface area contributed by atoms with Crippen molar-refractivity contribution in [3.8, 4) is 5.75 Å². The van der Waals surface area contributed by atoms with Gasteiger partial charge in [0.05, 0.1) is 18.7 Å². The van der Waals surface area contributed by atoms with Crippen LogP contribution in [-0.2, 0) is 11.4 Å². The number of aliphatic hydroxyl groups excluding tert-OH is 1. The number of aliphatic carboxylic acids is 1. The standard InChI is InChI=1S/C25H31N3O4/c1-4-28(5-2)18-7-9-21(23(30)14-18)27-25-16(3)12-22(26-11-10-24(31)32)20-13-17(15-29)6-8-19(20)25/h6-9,13-14,22,26,29-30H,3-5,10-12,15H2,1-2H3,(H,31,32). The van der Waals surface area contributed by atoms with E-state index in [-0.39, 0.29) is 24.8 Å². The highest BCUT2D eigenvalue weighted by Gasteiger charge is 2.27. The van der Waals surface area contributed by atoms with Crippen molar-refractivity contribution in [2.45, 2.75) is 39.3 Å². The zero-order valence-corrected chi connectivity index (χ0v) is 18.6. The number of carbonyl (C=O) groups is 1. The number of carboxylic acids is 1. The summed E-state index contributed by atoms with van der Waals surface area (Å²) in [5.41, 5.74) is 5.46. The first-order valence-electron chi connectivity index (χ1n) is 10.9. The Kier molecular flexibility index (Phi) is 7.66. The molecule has 1 unspecified atom stereocenters. The van der Waals surface area contributed by atoms with Gasteiger partial charge in [-0.25, -0.2) is 4.99 Å². The number of aromatic hydroxyl groups is 1. The lowest BCUT2D eigenvalue weighted by Gasteiger charge is -2.30.